The van der Waals surface area contributed by atoms with Gasteiger partial charge in [0.15, 0.2) is 0 Å². The maximum atomic E-state index is 12.7. The highest BCUT2D eigenvalue weighted by Crippen LogP contribution is 2.29. The number of likely N-dealkylation sites (N-methyl/N-ethyl adjacent to an activating group) is 1. The van der Waals surface area contributed by atoms with Crippen molar-refractivity contribution in [1.29, 1.82) is 0 Å². The summed E-state index contributed by atoms with van der Waals surface area (Å²) in [6, 6.07) is 3.03. The topological polar surface area (TPSA) is 94.7 Å². The molecule has 28 heavy (non-hydrogen) atoms. The smallest absolute Gasteiger partial charge is 0.435 e. The van der Waals surface area contributed by atoms with Crippen LogP contribution in [0.5, 0.6) is 5.75 Å². The van der Waals surface area contributed by atoms with Gasteiger partial charge in [0.1, 0.15) is 5.75 Å². The third-order valence-corrected chi connectivity index (χ3v) is 5.42. The molecule has 0 N–H and O–H groups in total. The van der Waals surface area contributed by atoms with Gasteiger partial charge in [-0.3, -0.25) is 0 Å². The second-order valence-corrected chi connectivity index (χ2v) is 7.93. The first-order chi connectivity index (χ1) is 13.0. The Morgan fingerprint density at radius 3 is 2.54 bits per heavy atom. The van der Waals surface area contributed by atoms with Crippen molar-refractivity contribution in [2.75, 3.05) is 33.4 Å². The molecular weight excluding hydrogens is 407 g/mol. The summed E-state index contributed by atoms with van der Waals surface area (Å²) in [7, 11) is -2.77. The van der Waals surface area contributed by atoms with Gasteiger partial charge in [-0.15, -0.1) is 13.2 Å². The molecular formula is C16H20F3NO7S. The van der Waals surface area contributed by atoms with Crippen molar-refractivity contribution >= 4 is 16.2 Å². The highest BCUT2D eigenvalue weighted by molar-refractivity contribution is 7.89. The molecule has 1 atom stereocenters. The Morgan fingerprint density at radius 2 is 1.96 bits per heavy atom. The minimum atomic E-state index is -4.99. The molecule has 1 aromatic rings. The van der Waals surface area contributed by atoms with E-state index in [-0.39, 0.29) is 42.7 Å². The van der Waals surface area contributed by atoms with Crippen molar-refractivity contribution < 1.29 is 45.3 Å². The second-order valence-electron chi connectivity index (χ2n) is 5.88. The minimum Gasteiger partial charge on any atom is -0.435 e. The molecule has 0 spiro atoms. The lowest BCUT2D eigenvalue weighted by Gasteiger charge is -2.18. The minimum absolute atomic E-state index is 0.0359. The molecule has 0 saturated carbocycles. The van der Waals surface area contributed by atoms with Gasteiger partial charge in [0, 0.05) is 26.1 Å². The molecule has 1 heterocycles. The Balaban J connectivity index is 2.22. The predicted molar refractivity (Wildman–Crippen MR) is 89.4 cm³/mol. The summed E-state index contributed by atoms with van der Waals surface area (Å²) in [5.74, 6) is -0.684. The predicted octanol–water partition coefficient (Wildman–Crippen LogP) is 2.32. The molecule has 0 radical (unpaired) electrons. The van der Waals surface area contributed by atoms with Gasteiger partial charge in [0.05, 0.1) is 30.8 Å². The van der Waals surface area contributed by atoms with Crippen molar-refractivity contribution in [2.45, 2.75) is 30.7 Å². The fraction of sp³-hybridized carbons (Fsp3) is 0.562. The van der Waals surface area contributed by atoms with Crippen molar-refractivity contribution in [3.05, 3.63) is 23.8 Å². The van der Waals surface area contributed by atoms with Crippen LogP contribution in [0.25, 0.3) is 0 Å². The van der Waals surface area contributed by atoms with Crippen LogP contribution in [0.2, 0.25) is 0 Å². The number of ether oxygens (including phenoxy) is 4. The third-order valence-electron chi connectivity index (χ3n) is 3.62. The van der Waals surface area contributed by atoms with Gasteiger partial charge in [-0.05, 0) is 24.6 Å². The van der Waals surface area contributed by atoms with Crippen LogP contribution >= 0.6 is 0 Å². The number of halogens is 3. The van der Waals surface area contributed by atoms with Crippen LogP contribution < -0.4 is 4.74 Å². The molecule has 1 unspecified atom stereocenters. The van der Waals surface area contributed by atoms with Crippen LogP contribution in [-0.4, -0.2) is 64.8 Å². The van der Waals surface area contributed by atoms with Crippen LogP contribution in [0.15, 0.2) is 23.1 Å². The first-order valence-corrected chi connectivity index (χ1v) is 9.72. The number of carbonyl (C=O) groups excluding carboxylic acids is 1. The molecule has 0 bridgehead atoms. The summed E-state index contributed by atoms with van der Waals surface area (Å²) in [6.07, 6.45) is -6.19. The number of rotatable bonds is 9. The van der Waals surface area contributed by atoms with E-state index in [1.807, 2.05) is 0 Å². The summed E-state index contributed by atoms with van der Waals surface area (Å²) < 4.78 is 82.3. The molecule has 2 rings (SSSR count). The van der Waals surface area contributed by atoms with Crippen molar-refractivity contribution in [3.8, 4) is 5.75 Å². The number of hydrogen-bond donors (Lipinski definition) is 0. The Bertz CT molecular complexity index is 794. The average Bonchev–Trinajstić information content (AvgIpc) is 3.37. The molecule has 12 heteroatoms. The van der Waals surface area contributed by atoms with Crippen molar-refractivity contribution in [2.24, 2.45) is 0 Å². The van der Waals surface area contributed by atoms with Gasteiger partial charge >= 0.3 is 12.5 Å². The second kappa shape index (κ2) is 8.97. The van der Waals surface area contributed by atoms with Crippen LogP contribution in [0, 0.1) is 0 Å². The molecule has 8 nitrogen and oxygen atoms in total. The van der Waals surface area contributed by atoms with E-state index in [1.54, 1.807) is 6.92 Å². The molecule has 0 aliphatic carbocycles. The highest BCUT2D eigenvalue weighted by Gasteiger charge is 2.33. The van der Waals surface area contributed by atoms with E-state index in [9.17, 15) is 26.4 Å². The first-order valence-electron chi connectivity index (χ1n) is 8.28. The molecule has 0 aromatic heterocycles. The van der Waals surface area contributed by atoms with E-state index in [1.165, 1.54) is 13.1 Å². The standard InChI is InChI=1S/C16H20F3NO7S/c1-3-24-15(21)25-5-4-11-6-12(27-16(17,18)19)8-14(7-11)28(22,23)20(2)9-13-10-26-13/h6-8,13H,3-5,9-10H2,1-2H3. The van der Waals surface area contributed by atoms with Crippen LogP contribution in [0.3, 0.4) is 0 Å². The molecule has 1 aromatic carbocycles. The third kappa shape index (κ3) is 6.84. The molecule has 1 aliphatic heterocycles. The van der Waals surface area contributed by atoms with Gasteiger partial charge in [-0.25, -0.2) is 13.2 Å². The number of nitrogens with zero attached hydrogens (tertiary/aromatic N) is 1. The molecule has 0 amide bonds. The quantitative estimate of drug-likeness (QED) is 0.441. The number of epoxide rings is 1. The summed E-state index contributed by atoms with van der Waals surface area (Å²) >= 11 is 0. The van der Waals surface area contributed by atoms with Gasteiger partial charge in [-0.1, -0.05) is 0 Å². The lowest BCUT2D eigenvalue weighted by Crippen LogP contribution is -2.30. The fourth-order valence-electron chi connectivity index (χ4n) is 2.27. The van der Waals surface area contributed by atoms with Gasteiger partial charge in [0.25, 0.3) is 0 Å². The van der Waals surface area contributed by atoms with Gasteiger partial charge in [0.2, 0.25) is 10.0 Å². The van der Waals surface area contributed by atoms with Crippen LogP contribution in [0.1, 0.15) is 12.5 Å². The Hall–Kier alpha value is -2.05. The lowest BCUT2D eigenvalue weighted by atomic mass is 10.1. The summed E-state index contributed by atoms with van der Waals surface area (Å²) in [5, 5.41) is 0. The van der Waals surface area contributed by atoms with Crippen molar-refractivity contribution in [3.63, 3.8) is 0 Å². The van der Waals surface area contributed by atoms with Gasteiger partial charge < -0.3 is 18.9 Å². The molecule has 158 valence electrons. The van der Waals surface area contributed by atoms with E-state index >= 15 is 0 Å². The summed E-state index contributed by atoms with van der Waals surface area (Å²) in [4.78, 5) is 10.8. The zero-order chi connectivity index (χ0) is 20.9. The Morgan fingerprint density at radius 1 is 1.29 bits per heavy atom. The zero-order valence-corrected chi connectivity index (χ0v) is 16.0. The normalized spacial score (nSPS) is 16.7. The van der Waals surface area contributed by atoms with E-state index in [2.05, 4.69) is 9.47 Å². The zero-order valence-electron chi connectivity index (χ0n) is 15.2. The Kier molecular flexibility index (Phi) is 7.12. The van der Waals surface area contributed by atoms with E-state index in [4.69, 9.17) is 9.47 Å². The monoisotopic (exact) mass is 427 g/mol. The van der Waals surface area contributed by atoms with E-state index < -0.39 is 28.3 Å². The molecule has 1 aliphatic rings. The number of benzene rings is 1. The van der Waals surface area contributed by atoms with Crippen LogP contribution in [0.4, 0.5) is 18.0 Å². The SMILES string of the molecule is CCOC(=O)OCCc1cc(OC(F)(F)F)cc(S(=O)(=O)N(C)CC2CO2)c1. The number of carbonyl (C=O) groups is 1. The summed E-state index contributed by atoms with van der Waals surface area (Å²) in [5.41, 5.74) is 0.181. The number of sulfonamides is 1. The Labute approximate surface area is 160 Å². The summed E-state index contributed by atoms with van der Waals surface area (Å²) in [6.45, 7) is 1.98. The van der Waals surface area contributed by atoms with Gasteiger partial charge in [-0.2, -0.15) is 4.31 Å². The van der Waals surface area contributed by atoms with Crippen LogP contribution in [-0.2, 0) is 30.7 Å². The maximum Gasteiger partial charge on any atom is 0.573 e. The lowest BCUT2D eigenvalue weighted by molar-refractivity contribution is -0.274. The van der Waals surface area contributed by atoms with Crippen molar-refractivity contribution in [1.82, 2.24) is 4.31 Å². The average molecular weight is 427 g/mol. The fourth-order valence-corrected chi connectivity index (χ4v) is 3.55. The van der Waals surface area contributed by atoms with E-state index in [0.717, 1.165) is 16.4 Å². The van der Waals surface area contributed by atoms with E-state index in [0.29, 0.717) is 6.61 Å². The molecule has 1 saturated heterocycles. The largest absolute Gasteiger partial charge is 0.573 e. The number of alkyl halides is 3. The maximum absolute atomic E-state index is 12.7. The first kappa shape index (κ1) is 22.2. The number of hydrogen-bond acceptors (Lipinski definition) is 7. The highest BCUT2D eigenvalue weighted by atomic mass is 32.2. The molecule has 1 fully saturated rings.